The Morgan fingerprint density at radius 3 is 2.67 bits per heavy atom. The number of anilines is 1. The minimum absolute atomic E-state index is 0.0375. The molecule has 0 spiro atoms. The summed E-state index contributed by atoms with van der Waals surface area (Å²) < 4.78 is 5.00. The van der Waals surface area contributed by atoms with E-state index >= 15 is 0 Å². The van der Waals surface area contributed by atoms with Crippen LogP contribution in [-0.2, 0) is 4.79 Å². The molecule has 0 radical (unpaired) electrons. The van der Waals surface area contributed by atoms with Gasteiger partial charge in [-0.1, -0.05) is 20.8 Å². The largest absolute Gasteiger partial charge is 0.504 e. The molecule has 1 aromatic rings. The Morgan fingerprint density at radius 1 is 1.38 bits per heavy atom. The van der Waals surface area contributed by atoms with Gasteiger partial charge in [0.15, 0.2) is 11.5 Å². The molecule has 1 amide bonds. The lowest BCUT2D eigenvalue weighted by molar-refractivity contribution is -0.121. The number of hydrogen-bond donors (Lipinski definition) is 2. The molecule has 0 heterocycles. The maximum Gasteiger partial charge on any atom is 0.227 e. The number of phenols is 1. The molecule has 1 aromatic carbocycles. The van der Waals surface area contributed by atoms with Crippen LogP contribution in [0.1, 0.15) is 33.6 Å². The van der Waals surface area contributed by atoms with Gasteiger partial charge < -0.3 is 15.2 Å². The molecule has 3 atom stereocenters. The molecule has 3 unspecified atom stereocenters. The normalized spacial score (nSPS) is 25.1. The van der Waals surface area contributed by atoms with E-state index in [0.29, 0.717) is 29.2 Å². The number of methoxy groups -OCH3 is 1. The minimum atomic E-state index is 0.0375. The number of hydrogen-bond acceptors (Lipinski definition) is 3. The molecule has 0 aliphatic heterocycles. The van der Waals surface area contributed by atoms with Crippen LogP contribution in [0, 0.1) is 23.7 Å². The number of benzene rings is 1. The number of amides is 1. The highest BCUT2D eigenvalue weighted by molar-refractivity contribution is 5.93. The fourth-order valence-electron chi connectivity index (χ4n) is 3.37. The van der Waals surface area contributed by atoms with Gasteiger partial charge in [0.1, 0.15) is 0 Å². The quantitative estimate of drug-likeness (QED) is 0.890. The van der Waals surface area contributed by atoms with E-state index < -0.39 is 0 Å². The van der Waals surface area contributed by atoms with E-state index in [0.717, 1.165) is 12.8 Å². The maximum atomic E-state index is 12.5. The first-order chi connectivity index (χ1) is 9.92. The first kappa shape index (κ1) is 15.7. The summed E-state index contributed by atoms with van der Waals surface area (Å²) >= 11 is 0. The fourth-order valence-corrected chi connectivity index (χ4v) is 3.37. The summed E-state index contributed by atoms with van der Waals surface area (Å²) in [7, 11) is 1.50. The van der Waals surface area contributed by atoms with Gasteiger partial charge in [-0.3, -0.25) is 4.79 Å². The van der Waals surface area contributed by atoms with Gasteiger partial charge in [-0.05, 0) is 42.7 Å². The highest BCUT2D eigenvalue weighted by Gasteiger charge is 2.38. The van der Waals surface area contributed by atoms with Crippen LogP contribution in [0.3, 0.4) is 0 Å². The van der Waals surface area contributed by atoms with E-state index in [1.165, 1.54) is 13.2 Å². The summed E-state index contributed by atoms with van der Waals surface area (Å²) in [5.74, 6) is 2.10. The van der Waals surface area contributed by atoms with E-state index in [-0.39, 0.29) is 17.6 Å². The van der Waals surface area contributed by atoms with Crippen LogP contribution in [0.25, 0.3) is 0 Å². The van der Waals surface area contributed by atoms with Crippen molar-refractivity contribution in [3.05, 3.63) is 18.2 Å². The molecule has 2 rings (SSSR count). The van der Waals surface area contributed by atoms with Crippen LogP contribution in [0.15, 0.2) is 18.2 Å². The Labute approximate surface area is 126 Å². The smallest absolute Gasteiger partial charge is 0.227 e. The highest BCUT2D eigenvalue weighted by atomic mass is 16.5. The molecule has 116 valence electrons. The third kappa shape index (κ3) is 3.49. The maximum absolute atomic E-state index is 12.5. The van der Waals surface area contributed by atoms with Gasteiger partial charge in [-0.25, -0.2) is 0 Å². The van der Waals surface area contributed by atoms with E-state index in [2.05, 4.69) is 26.1 Å². The van der Waals surface area contributed by atoms with Crippen molar-refractivity contribution in [3.8, 4) is 11.5 Å². The Balaban J connectivity index is 2.08. The standard InChI is InChI=1S/C17H25NO3/c1-10(2)13-7-11(3)8-14(13)17(20)18-12-5-6-16(21-4)15(19)9-12/h5-6,9-11,13-14,19H,7-8H2,1-4H3,(H,18,20). The Kier molecular flexibility index (Phi) is 4.76. The van der Waals surface area contributed by atoms with Gasteiger partial charge in [0.2, 0.25) is 5.91 Å². The summed E-state index contributed by atoms with van der Waals surface area (Å²) in [6.07, 6.45) is 2.06. The van der Waals surface area contributed by atoms with Crippen LogP contribution in [-0.4, -0.2) is 18.1 Å². The van der Waals surface area contributed by atoms with Crippen LogP contribution >= 0.6 is 0 Å². The SMILES string of the molecule is COc1ccc(NC(=O)C2CC(C)CC2C(C)C)cc1O. The van der Waals surface area contributed by atoms with Crippen molar-refractivity contribution in [3.63, 3.8) is 0 Å². The Hall–Kier alpha value is -1.71. The molecule has 1 aliphatic rings. The number of phenolic OH excluding ortho intramolecular Hbond substituents is 1. The second-order valence-corrected chi connectivity index (χ2v) is 6.47. The average Bonchev–Trinajstić information content (AvgIpc) is 2.81. The predicted molar refractivity (Wildman–Crippen MR) is 83.5 cm³/mol. The van der Waals surface area contributed by atoms with Crippen molar-refractivity contribution in [1.29, 1.82) is 0 Å². The highest BCUT2D eigenvalue weighted by Crippen LogP contribution is 2.41. The lowest BCUT2D eigenvalue weighted by Gasteiger charge is -2.22. The number of ether oxygens (including phenoxy) is 1. The first-order valence-corrected chi connectivity index (χ1v) is 7.60. The molecular formula is C17H25NO3. The van der Waals surface area contributed by atoms with Crippen molar-refractivity contribution in [1.82, 2.24) is 0 Å². The Bertz CT molecular complexity index is 513. The third-order valence-electron chi connectivity index (χ3n) is 4.49. The summed E-state index contributed by atoms with van der Waals surface area (Å²) in [5, 5.41) is 12.7. The second-order valence-electron chi connectivity index (χ2n) is 6.47. The summed E-state index contributed by atoms with van der Waals surface area (Å²) in [6, 6.07) is 4.93. The van der Waals surface area contributed by atoms with Gasteiger partial charge in [0.25, 0.3) is 0 Å². The van der Waals surface area contributed by atoms with Crippen LogP contribution in [0.4, 0.5) is 5.69 Å². The fraction of sp³-hybridized carbons (Fsp3) is 0.588. The Morgan fingerprint density at radius 2 is 2.10 bits per heavy atom. The molecule has 0 saturated heterocycles. The zero-order valence-electron chi connectivity index (χ0n) is 13.2. The van der Waals surface area contributed by atoms with E-state index in [9.17, 15) is 9.90 Å². The summed E-state index contributed by atoms with van der Waals surface area (Å²) in [5.41, 5.74) is 0.611. The molecule has 1 aliphatic carbocycles. The number of aromatic hydroxyl groups is 1. The topological polar surface area (TPSA) is 58.6 Å². The lowest BCUT2D eigenvalue weighted by atomic mass is 9.85. The van der Waals surface area contributed by atoms with Crippen LogP contribution < -0.4 is 10.1 Å². The van der Waals surface area contributed by atoms with Gasteiger partial charge in [0, 0.05) is 17.7 Å². The van der Waals surface area contributed by atoms with E-state index in [1.54, 1.807) is 12.1 Å². The molecular weight excluding hydrogens is 266 g/mol. The van der Waals surface area contributed by atoms with Crippen molar-refractivity contribution in [2.24, 2.45) is 23.7 Å². The number of rotatable bonds is 4. The van der Waals surface area contributed by atoms with Crippen molar-refractivity contribution in [2.45, 2.75) is 33.6 Å². The molecule has 1 fully saturated rings. The van der Waals surface area contributed by atoms with Gasteiger partial charge in [-0.2, -0.15) is 0 Å². The second kappa shape index (κ2) is 6.37. The summed E-state index contributed by atoms with van der Waals surface area (Å²) in [4.78, 5) is 12.5. The third-order valence-corrected chi connectivity index (χ3v) is 4.49. The van der Waals surface area contributed by atoms with Crippen LogP contribution in [0.5, 0.6) is 11.5 Å². The van der Waals surface area contributed by atoms with Crippen molar-refractivity contribution in [2.75, 3.05) is 12.4 Å². The van der Waals surface area contributed by atoms with Gasteiger partial charge >= 0.3 is 0 Å². The van der Waals surface area contributed by atoms with Gasteiger partial charge in [0.05, 0.1) is 7.11 Å². The zero-order chi connectivity index (χ0) is 15.6. The average molecular weight is 291 g/mol. The lowest BCUT2D eigenvalue weighted by Crippen LogP contribution is -2.28. The molecule has 0 bridgehead atoms. The molecule has 1 saturated carbocycles. The van der Waals surface area contributed by atoms with E-state index in [1.807, 2.05) is 0 Å². The van der Waals surface area contributed by atoms with Crippen molar-refractivity contribution < 1.29 is 14.6 Å². The molecule has 0 aromatic heterocycles. The summed E-state index contributed by atoms with van der Waals surface area (Å²) in [6.45, 7) is 6.58. The molecule has 4 nitrogen and oxygen atoms in total. The zero-order valence-corrected chi connectivity index (χ0v) is 13.2. The minimum Gasteiger partial charge on any atom is -0.504 e. The predicted octanol–water partition coefficient (Wildman–Crippen LogP) is 3.66. The van der Waals surface area contributed by atoms with Crippen LogP contribution in [0.2, 0.25) is 0 Å². The molecule has 21 heavy (non-hydrogen) atoms. The van der Waals surface area contributed by atoms with Crippen molar-refractivity contribution >= 4 is 11.6 Å². The first-order valence-electron chi connectivity index (χ1n) is 7.60. The monoisotopic (exact) mass is 291 g/mol. The van der Waals surface area contributed by atoms with E-state index in [4.69, 9.17) is 4.74 Å². The number of nitrogens with one attached hydrogen (secondary N) is 1. The number of carbonyl (C=O) groups is 1. The van der Waals surface area contributed by atoms with Gasteiger partial charge in [-0.15, -0.1) is 0 Å². The number of carbonyl (C=O) groups excluding carboxylic acids is 1. The molecule has 2 N–H and O–H groups in total. The molecule has 4 heteroatoms.